The smallest absolute Gasteiger partial charge is 0.337 e. The SMILES string of the molecule is COC(=O)C1(O)CCN(C(=O)[C@@H]2CCCN2c2ccccc2)CC1. The molecule has 0 saturated carbocycles. The van der Waals surface area contributed by atoms with Gasteiger partial charge in [-0.15, -0.1) is 0 Å². The molecule has 1 N–H and O–H groups in total. The minimum Gasteiger partial charge on any atom is -0.467 e. The van der Waals surface area contributed by atoms with Crippen molar-refractivity contribution in [2.75, 3.05) is 31.6 Å². The molecule has 0 radical (unpaired) electrons. The van der Waals surface area contributed by atoms with Gasteiger partial charge in [-0.2, -0.15) is 0 Å². The van der Waals surface area contributed by atoms with Crippen LogP contribution < -0.4 is 4.90 Å². The third-order valence-electron chi connectivity index (χ3n) is 5.09. The summed E-state index contributed by atoms with van der Waals surface area (Å²) < 4.78 is 4.66. The molecule has 6 heteroatoms. The third kappa shape index (κ3) is 3.11. The van der Waals surface area contributed by atoms with Crippen LogP contribution in [0.4, 0.5) is 5.69 Å². The third-order valence-corrected chi connectivity index (χ3v) is 5.09. The molecule has 0 bridgehead atoms. The van der Waals surface area contributed by atoms with E-state index in [4.69, 9.17) is 0 Å². The van der Waals surface area contributed by atoms with Crippen molar-refractivity contribution in [1.82, 2.24) is 4.90 Å². The first-order valence-electron chi connectivity index (χ1n) is 8.46. The summed E-state index contributed by atoms with van der Waals surface area (Å²) in [7, 11) is 1.27. The number of piperidine rings is 1. The number of nitrogens with zero attached hydrogens (tertiary/aromatic N) is 2. The van der Waals surface area contributed by atoms with Crippen molar-refractivity contribution in [2.45, 2.75) is 37.3 Å². The lowest BCUT2D eigenvalue weighted by Gasteiger charge is -2.38. The lowest BCUT2D eigenvalue weighted by molar-refractivity contribution is -0.169. The number of anilines is 1. The van der Waals surface area contributed by atoms with E-state index in [0.29, 0.717) is 13.1 Å². The number of para-hydroxylation sites is 1. The summed E-state index contributed by atoms with van der Waals surface area (Å²) in [5.41, 5.74) is -0.392. The first-order valence-corrected chi connectivity index (χ1v) is 8.46. The maximum absolute atomic E-state index is 12.9. The average molecular weight is 332 g/mol. The van der Waals surface area contributed by atoms with Crippen LogP contribution in [0.15, 0.2) is 30.3 Å². The maximum Gasteiger partial charge on any atom is 0.337 e. The van der Waals surface area contributed by atoms with E-state index in [-0.39, 0.29) is 24.8 Å². The molecule has 1 aromatic carbocycles. The van der Waals surface area contributed by atoms with Crippen molar-refractivity contribution in [2.24, 2.45) is 0 Å². The average Bonchev–Trinajstić information content (AvgIpc) is 3.11. The quantitative estimate of drug-likeness (QED) is 0.842. The Morgan fingerprint density at radius 3 is 2.46 bits per heavy atom. The Bertz CT molecular complexity index is 596. The lowest BCUT2D eigenvalue weighted by Crippen LogP contribution is -2.54. The number of rotatable bonds is 3. The molecular weight excluding hydrogens is 308 g/mol. The number of benzene rings is 1. The lowest BCUT2D eigenvalue weighted by atomic mass is 9.91. The zero-order valence-electron chi connectivity index (χ0n) is 14.0. The predicted octanol–water partition coefficient (Wildman–Crippen LogP) is 1.18. The van der Waals surface area contributed by atoms with Crippen LogP contribution in [0.3, 0.4) is 0 Å². The fourth-order valence-electron chi connectivity index (χ4n) is 3.65. The molecule has 2 aliphatic rings. The van der Waals surface area contributed by atoms with E-state index in [9.17, 15) is 14.7 Å². The van der Waals surface area contributed by atoms with Gasteiger partial charge in [-0.05, 0) is 25.0 Å². The van der Waals surface area contributed by atoms with E-state index < -0.39 is 11.6 Å². The largest absolute Gasteiger partial charge is 0.467 e. The Hall–Kier alpha value is -2.08. The van der Waals surface area contributed by atoms with Crippen molar-refractivity contribution in [3.8, 4) is 0 Å². The van der Waals surface area contributed by atoms with Crippen molar-refractivity contribution in [3.63, 3.8) is 0 Å². The molecule has 0 spiro atoms. The van der Waals surface area contributed by atoms with Crippen LogP contribution in [0, 0.1) is 0 Å². The number of likely N-dealkylation sites (tertiary alicyclic amines) is 1. The number of carbonyl (C=O) groups excluding carboxylic acids is 2. The Morgan fingerprint density at radius 1 is 1.17 bits per heavy atom. The van der Waals surface area contributed by atoms with E-state index in [2.05, 4.69) is 9.64 Å². The topological polar surface area (TPSA) is 70.1 Å². The van der Waals surface area contributed by atoms with Crippen LogP contribution in [-0.2, 0) is 14.3 Å². The molecule has 0 aliphatic carbocycles. The molecule has 1 atom stereocenters. The second kappa shape index (κ2) is 6.81. The van der Waals surface area contributed by atoms with E-state index in [1.807, 2.05) is 30.3 Å². The summed E-state index contributed by atoms with van der Waals surface area (Å²) in [6, 6.07) is 9.82. The number of aliphatic hydroxyl groups is 1. The molecule has 2 aliphatic heterocycles. The van der Waals surface area contributed by atoms with E-state index in [0.717, 1.165) is 25.1 Å². The Morgan fingerprint density at radius 2 is 1.83 bits per heavy atom. The van der Waals surface area contributed by atoms with Crippen LogP contribution in [-0.4, -0.2) is 60.3 Å². The molecule has 2 fully saturated rings. The Labute approximate surface area is 142 Å². The number of esters is 1. The molecule has 0 unspecified atom stereocenters. The van der Waals surface area contributed by atoms with Gasteiger partial charge in [0.1, 0.15) is 6.04 Å². The number of hydrogen-bond acceptors (Lipinski definition) is 5. The molecule has 1 aromatic rings. The van der Waals surface area contributed by atoms with E-state index in [1.165, 1.54) is 7.11 Å². The minimum atomic E-state index is -1.46. The normalized spacial score (nSPS) is 23.2. The highest BCUT2D eigenvalue weighted by molar-refractivity contribution is 5.86. The summed E-state index contributed by atoms with van der Waals surface area (Å²) in [4.78, 5) is 28.5. The van der Waals surface area contributed by atoms with Crippen LogP contribution in [0.1, 0.15) is 25.7 Å². The van der Waals surface area contributed by atoms with Gasteiger partial charge in [0.15, 0.2) is 5.60 Å². The number of methoxy groups -OCH3 is 1. The molecule has 1 amide bonds. The zero-order chi connectivity index (χ0) is 17.2. The van der Waals surface area contributed by atoms with Gasteiger partial charge < -0.3 is 19.6 Å². The molecule has 130 valence electrons. The summed E-state index contributed by atoms with van der Waals surface area (Å²) in [6.45, 7) is 1.63. The highest BCUT2D eigenvalue weighted by Crippen LogP contribution is 2.29. The van der Waals surface area contributed by atoms with Crippen molar-refractivity contribution >= 4 is 17.6 Å². The van der Waals surface area contributed by atoms with Crippen LogP contribution >= 0.6 is 0 Å². The minimum absolute atomic E-state index is 0.0864. The second-order valence-corrected chi connectivity index (χ2v) is 6.54. The van der Waals surface area contributed by atoms with Crippen molar-refractivity contribution in [1.29, 1.82) is 0 Å². The van der Waals surface area contributed by atoms with Crippen molar-refractivity contribution < 1.29 is 19.4 Å². The Kier molecular flexibility index (Phi) is 4.76. The number of amides is 1. The van der Waals surface area contributed by atoms with Gasteiger partial charge in [0.2, 0.25) is 5.91 Å². The van der Waals surface area contributed by atoms with Gasteiger partial charge in [-0.25, -0.2) is 4.79 Å². The molecule has 0 aromatic heterocycles. The molecule has 3 rings (SSSR count). The zero-order valence-corrected chi connectivity index (χ0v) is 14.0. The molecule has 6 nitrogen and oxygen atoms in total. The first-order chi connectivity index (χ1) is 11.5. The van der Waals surface area contributed by atoms with Gasteiger partial charge >= 0.3 is 5.97 Å². The maximum atomic E-state index is 12.9. The number of ether oxygens (including phenoxy) is 1. The van der Waals surface area contributed by atoms with Crippen LogP contribution in [0.25, 0.3) is 0 Å². The number of hydrogen-bond donors (Lipinski definition) is 1. The fourth-order valence-corrected chi connectivity index (χ4v) is 3.65. The van der Waals surface area contributed by atoms with Crippen molar-refractivity contribution in [3.05, 3.63) is 30.3 Å². The summed E-state index contributed by atoms with van der Waals surface area (Å²) >= 11 is 0. The summed E-state index contributed by atoms with van der Waals surface area (Å²) in [5.74, 6) is -0.523. The fraction of sp³-hybridized carbons (Fsp3) is 0.556. The molecular formula is C18H24N2O4. The Balaban J connectivity index is 1.66. The molecule has 2 saturated heterocycles. The first kappa shape index (κ1) is 16.8. The van der Waals surface area contributed by atoms with E-state index in [1.54, 1.807) is 4.90 Å². The van der Waals surface area contributed by atoms with Gasteiger partial charge in [-0.3, -0.25) is 4.79 Å². The molecule has 2 heterocycles. The molecule has 24 heavy (non-hydrogen) atoms. The summed E-state index contributed by atoms with van der Waals surface area (Å²) in [5, 5.41) is 10.3. The predicted molar refractivity (Wildman–Crippen MR) is 89.6 cm³/mol. The monoisotopic (exact) mass is 332 g/mol. The van der Waals surface area contributed by atoms with E-state index >= 15 is 0 Å². The summed E-state index contributed by atoms with van der Waals surface area (Å²) in [6.07, 6.45) is 2.28. The highest BCUT2D eigenvalue weighted by atomic mass is 16.5. The number of carbonyl (C=O) groups is 2. The highest BCUT2D eigenvalue weighted by Gasteiger charge is 2.43. The van der Waals surface area contributed by atoms with Gasteiger partial charge in [0, 0.05) is 38.2 Å². The van der Waals surface area contributed by atoms with Gasteiger partial charge in [0.05, 0.1) is 7.11 Å². The second-order valence-electron chi connectivity index (χ2n) is 6.54. The van der Waals surface area contributed by atoms with Gasteiger partial charge in [-0.1, -0.05) is 18.2 Å². The van der Waals surface area contributed by atoms with Crippen LogP contribution in [0.2, 0.25) is 0 Å². The standard InChI is InChI=1S/C18H24N2O4/c1-24-17(22)18(23)9-12-19(13-10-18)16(21)15-8-5-11-20(15)14-6-3-2-4-7-14/h2-4,6-7,15,23H,5,8-13H2,1H3/t15-/m0/s1. The van der Waals surface area contributed by atoms with Gasteiger partial charge in [0.25, 0.3) is 0 Å². The van der Waals surface area contributed by atoms with Crippen LogP contribution in [0.5, 0.6) is 0 Å².